The maximum atomic E-state index is 12.8. The molecule has 2 N–H and O–H groups in total. The minimum absolute atomic E-state index is 0.0337. The number of hydrogen-bond acceptors (Lipinski definition) is 6. The molecule has 0 unspecified atom stereocenters. The lowest BCUT2D eigenvalue weighted by Gasteiger charge is -2.28. The van der Waals surface area contributed by atoms with E-state index in [9.17, 15) is 13.2 Å². The van der Waals surface area contributed by atoms with Crippen LogP contribution in [0.2, 0.25) is 5.02 Å². The van der Waals surface area contributed by atoms with E-state index in [1.807, 2.05) is 12.1 Å². The third-order valence-electron chi connectivity index (χ3n) is 5.12. The molecule has 172 valence electrons. The van der Waals surface area contributed by atoms with Crippen LogP contribution in [0.25, 0.3) is 0 Å². The fourth-order valence-electron chi connectivity index (χ4n) is 3.37. The van der Waals surface area contributed by atoms with E-state index in [2.05, 4.69) is 19.9 Å². The molecule has 2 aromatic carbocycles. The molecule has 2 heterocycles. The van der Waals surface area contributed by atoms with Gasteiger partial charge in [-0.3, -0.25) is 9.52 Å². The number of hydrogen-bond donors (Lipinski definition) is 2. The van der Waals surface area contributed by atoms with Gasteiger partial charge in [0.25, 0.3) is 15.9 Å². The summed E-state index contributed by atoms with van der Waals surface area (Å²) in [6.45, 7) is 3.15. The Morgan fingerprint density at radius 2 is 1.85 bits per heavy atom. The Morgan fingerprint density at radius 1 is 1.06 bits per heavy atom. The Labute approximate surface area is 197 Å². The van der Waals surface area contributed by atoms with Gasteiger partial charge in [-0.15, -0.1) is 0 Å². The summed E-state index contributed by atoms with van der Waals surface area (Å²) < 4.78 is 33.4. The standard InChI is InChI=1S/C23H23ClN4O4S/c24-20-6-1-2-7-21(20)27-33(30,31)19-5-3-4-18(15-19)23(29)26-16-17-8-9-25-22(14-17)28-10-12-32-13-11-28/h1-9,14-15,27H,10-13,16H2,(H,26,29). The number of halogens is 1. The first-order valence-electron chi connectivity index (χ1n) is 10.4. The number of morpholine rings is 1. The number of para-hydroxylation sites is 1. The van der Waals surface area contributed by atoms with Gasteiger partial charge in [-0.05, 0) is 48.0 Å². The monoisotopic (exact) mass is 486 g/mol. The minimum atomic E-state index is -3.92. The van der Waals surface area contributed by atoms with Crippen LogP contribution in [-0.4, -0.2) is 45.6 Å². The van der Waals surface area contributed by atoms with Crippen LogP contribution in [-0.2, 0) is 21.3 Å². The predicted molar refractivity (Wildman–Crippen MR) is 127 cm³/mol. The average molecular weight is 487 g/mol. The van der Waals surface area contributed by atoms with Crippen molar-refractivity contribution in [2.45, 2.75) is 11.4 Å². The second kappa shape index (κ2) is 10.2. The van der Waals surface area contributed by atoms with Crippen LogP contribution in [0, 0.1) is 0 Å². The van der Waals surface area contributed by atoms with Crippen molar-refractivity contribution in [3.63, 3.8) is 0 Å². The number of nitrogens with one attached hydrogen (secondary N) is 2. The number of pyridine rings is 1. The molecule has 0 atom stereocenters. The number of carbonyl (C=O) groups excluding carboxylic acids is 1. The van der Waals surface area contributed by atoms with Crippen molar-refractivity contribution < 1.29 is 17.9 Å². The van der Waals surface area contributed by atoms with Gasteiger partial charge in [-0.25, -0.2) is 13.4 Å². The number of carbonyl (C=O) groups is 1. The zero-order valence-corrected chi connectivity index (χ0v) is 19.3. The minimum Gasteiger partial charge on any atom is -0.378 e. The number of ether oxygens (including phenoxy) is 1. The summed E-state index contributed by atoms with van der Waals surface area (Å²) in [5, 5.41) is 3.12. The van der Waals surface area contributed by atoms with Crippen LogP contribution in [0.3, 0.4) is 0 Å². The highest BCUT2D eigenvalue weighted by Gasteiger charge is 2.18. The quantitative estimate of drug-likeness (QED) is 0.531. The van der Waals surface area contributed by atoms with Crippen LogP contribution in [0.1, 0.15) is 15.9 Å². The third kappa shape index (κ3) is 5.81. The molecule has 4 rings (SSSR count). The van der Waals surface area contributed by atoms with E-state index in [-0.39, 0.29) is 33.6 Å². The van der Waals surface area contributed by atoms with Crippen molar-refractivity contribution in [2.75, 3.05) is 35.9 Å². The van der Waals surface area contributed by atoms with E-state index in [0.29, 0.717) is 13.2 Å². The van der Waals surface area contributed by atoms with Crippen LogP contribution < -0.4 is 14.9 Å². The van der Waals surface area contributed by atoms with Crippen molar-refractivity contribution in [3.8, 4) is 0 Å². The smallest absolute Gasteiger partial charge is 0.261 e. The largest absolute Gasteiger partial charge is 0.378 e. The molecular formula is C23H23ClN4O4S. The van der Waals surface area contributed by atoms with Gasteiger partial charge in [0.2, 0.25) is 0 Å². The zero-order chi connectivity index (χ0) is 23.3. The number of rotatable bonds is 7. The molecule has 1 fully saturated rings. The summed E-state index contributed by atoms with van der Waals surface area (Å²) >= 11 is 6.05. The van der Waals surface area contributed by atoms with Crippen LogP contribution >= 0.6 is 11.6 Å². The number of anilines is 2. The summed E-state index contributed by atoms with van der Waals surface area (Å²) in [6, 6.07) is 16.2. The SMILES string of the molecule is O=C(NCc1ccnc(N2CCOCC2)c1)c1cccc(S(=O)(=O)Nc2ccccc2Cl)c1. The molecule has 10 heteroatoms. The predicted octanol–water partition coefficient (Wildman–Crippen LogP) is 3.30. The molecular weight excluding hydrogens is 464 g/mol. The Balaban J connectivity index is 1.43. The van der Waals surface area contributed by atoms with Gasteiger partial charge in [-0.1, -0.05) is 29.8 Å². The number of aromatic nitrogens is 1. The first-order chi connectivity index (χ1) is 15.9. The van der Waals surface area contributed by atoms with Crippen molar-refractivity contribution in [2.24, 2.45) is 0 Å². The molecule has 33 heavy (non-hydrogen) atoms. The Morgan fingerprint density at radius 3 is 2.64 bits per heavy atom. The lowest BCUT2D eigenvalue weighted by atomic mass is 10.2. The Kier molecular flexibility index (Phi) is 7.12. The first kappa shape index (κ1) is 23.0. The molecule has 1 aromatic heterocycles. The normalized spacial score (nSPS) is 14.0. The number of amides is 1. The molecule has 0 aliphatic carbocycles. The third-order valence-corrected chi connectivity index (χ3v) is 6.82. The zero-order valence-electron chi connectivity index (χ0n) is 17.7. The number of nitrogens with zero attached hydrogens (tertiary/aromatic N) is 2. The Bertz CT molecular complexity index is 1250. The Hall–Kier alpha value is -3.14. The van der Waals surface area contributed by atoms with Gasteiger partial charge in [-0.2, -0.15) is 0 Å². The van der Waals surface area contributed by atoms with Gasteiger partial charge in [0, 0.05) is 31.4 Å². The van der Waals surface area contributed by atoms with Crippen molar-refractivity contribution >= 4 is 39.0 Å². The van der Waals surface area contributed by atoms with Crippen molar-refractivity contribution in [1.82, 2.24) is 10.3 Å². The lowest BCUT2D eigenvalue weighted by molar-refractivity contribution is 0.0950. The summed E-state index contributed by atoms with van der Waals surface area (Å²) in [4.78, 5) is 19.2. The average Bonchev–Trinajstić information content (AvgIpc) is 2.85. The van der Waals surface area contributed by atoms with Gasteiger partial charge in [0.15, 0.2) is 0 Å². The summed E-state index contributed by atoms with van der Waals surface area (Å²) in [5.41, 5.74) is 1.39. The van der Waals surface area contributed by atoms with E-state index in [1.54, 1.807) is 36.5 Å². The van der Waals surface area contributed by atoms with Gasteiger partial charge >= 0.3 is 0 Å². The molecule has 1 amide bonds. The van der Waals surface area contributed by atoms with Gasteiger partial charge in [0.1, 0.15) is 5.82 Å². The van der Waals surface area contributed by atoms with E-state index >= 15 is 0 Å². The lowest BCUT2D eigenvalue weighted by Crippen LogP contribution is -2.36. The van der Waals surface area contributed by atoms with Crippen LogP contribution in [0.5, 0.6) is 0 Å². The molecule has 1 aliphatic heterocycles. The topological polar surface area (TPSA) is 101 Å². The van der Waals surface area contributed by atoms with Crippen LogP contribution in [0.15, 0.2) is 71.8 Å². The summed E-state index contributed by atoms with van der Waals surface area (Å²) in [7, 11) is -3.92. The van der Waals surface area contributed by atoms with E-state index in [0.717, 1.165) is 24.5 Å². The molecule has 8 nitrogen and oxygen atoms in total. The first-order valence-corrected chi connectivity index (χ1v) is 12.2. The maximum absolute atomic E-state index is 12.8. The van der Waals surface area contributed by atoms with Gasteiger partial charge in [0.05, 0.1) is 28.8 Å². The highest BCUT2D eigenvalue weighted by Crippen LogP contribution is 2.24. The molecule has 0 saturated carbocycles. The van der Waals surface area contributed by atoms with Crippen LogP contribution in [0.4, 0.5) is 11.5 Å². The van der Waals surface area contributed by atoms with Gasteiger partial charge < -0.3 is 15.0 Å². The molecule has 3 aromatic rings. The summed E-state index contributed by atoms with van der Waals surface area (Å²) in [6.07, 6.45) is 1.71. The number of benzene rings is 2. The highest BCUT2D eigenvalue weighted by molar-refractivity contribution is 7.92. The van der Waals surface area contributed by atoms with Crippen molar-refractivity contribution in [3.05, 3.63) is 83.0 Å². The molecule has 1 saturated heterocycles. The highest BCUT2D eigenvalue weighted by atomic mass is 35.5. The molecule has 0 radical (unpaired) electrons. The van der Waals surface area contributed by atoms with E-state index in [4.69, 9.17) is 16.3 Å². The number of sulfonamides is 1. The van der Waals surface area contributed by atoms with Crippen molar-refractivity contribution in [1.29, 1.82) is 0 Å². The second-order valence-corrected chi connectivity index (χ2v) is 9.51. The molecule has 0 spiro atoms. The van der Waals surface area contributed by atoms with E-state index in [1.165, 1.54) is 18.2 Å². The fraction of sp³-hybridized carbons (Fsp3) is 0.217. The second-order valence-electron chi connectivity index (χ2n) is 7.42. The maximum Gasteiger partial charge on any atom is 0.261 e. The van der Waals surface area contributed by atoms with E-state index < -0.39 is 10.0 Å². The fourth-order valence-corrected chi connectivity index (χ4v) is 4.74. The molecule has 1 aliphatic rings. The molecule has 0 bridgehead atoms. The summed E-state index contributed by atoms with van der Waals surface area (Å²) in [5.74, 6) is 0.457.